The average Bonchev–Trinajstić information content (AvgIpc) is 3.64. The molecular weight excluding hydrogens is 670 g/mol. The number of aromatic nitrogens is 2. The van der Waals surface area contributed by atoms with Gasteiger partial charge in [-0.1, -0.05) is 77.5 Å². The Morgan fingerprint density at radius 3 is 2.29 bits per heavy atom. The monoisotopic (exact) mass is 704 g/mol. The molecule has 0 aliphatic heterocycles. The van der Waals surface area contributed by atoms with Crippen LogP contribution in [0.4, 0.5) is 14.5 Å². The zero-order valence-electron chi connectivity index (χ0n) is 28.3. The number of aryl methyl sites for hydroxylation is 1. The summed E-state index contributed by atoms with van der Waals surface area (Å²) < 4.78 is 39.0. The van der Waals surface area contributed by atoms with Crippen molar-refractivity contribution in [2.24, 2.45) is 0 Å². The van der Waals surface area contributed by atoms with Crippen LogP contribution < -0.4 is 10.1 Å². The quantitative estimate of drug-likeness (QED) is 0.138. The highest BCUT2D eigenvalue weighted by molar-refractivity contribution is 5.97. The second-order valence-electron chi connectivity index (χ2n) is 12.3. The summed E-state index contributed by atoms with van der Waals surface area (Å²) in [6.45, 7) is 1.51. The number of carboxylic acids is 1. The van der Waals surface area contributed by atoms with Gasteiger partial charge >= 0.3 is 5.97 Å². The summed E-state index contributed by atoms with van der Waals surface area (Å²) in [6.07, 6.45) is 6.44. The number of nitrogens with zero attached hydrogens (tertiary/aromatic N) is 3. The van der Waals surface area contributed by atoms with Crippen molar-refractivity contribution in [1.29, 1.82) is 0 Å². The molecular formula is C40H34F2N4O6. The number of allylic oxidation sites excluding steroid dienone is 4. The number of benzene rings is 4. The van der Waals surface area contributed by atoms with Crippen LogP contribution in [0.5, 0.6) is 5.75 Å². The molecule has 264 valence electrons. The molecule has 52 heavy (non-hydrogen) atoms. The van der Waals surface area contributed by atoms with Gasteiger partial charge in [-0.25, -0.2) is 8.78 Å². The number of amides is 2. The first-order valence-electron chi connectivity index (χ1n) is 16.4. The molecule has 10 nitrogen and oxygen atoms in total. The van der Waals surface area contributed by atoms with Crippen LogP contribution in [0.3, 0.4) is 0 Å². The molecule has 0 fully saturated rings. The van der Waals surface area contributed by atoms with E-state index in [1.54, 1.807) is 24.3 Å². The standard InChI is InChI=1S/C40H34F2N4O6/c1-24-3-7-26(8-4-24)27-11-13-29(14-12-27)39-44-38(45-52-39)28-9-5-25(6-10-28)22-46(23-37(48)49)40(50)30-15-17-31(18-16-30)43-36(47)21-33-34(41)19-32(51-2)20-35(33)42/h3-11,13-20,27H,12,21-23H2,1-2H3,(H,43,47)(H,48,49). The van der Waals surface area contributed by atoms with Crippen molar-refractivity contribution < 1.29 is 37.5 Å². The highest BCUT2D eigenvalue weighted by Gasteiger charge is 2.21. The first kappa shape index (κ1) is 35.4. The third kappa shape index (κ3) is 8.47. The number of carbonyl (C=O) groups excluding carboxylic acids is 2. The second kappa shape index (κ2) is 15.6. The van der Waals surface area contributed by atoms with Gasteiger partial charge in [-0.2, -0.15) is 4.98 Å². The van der Waals surface area contributed by atoms with Crippen molar-refractivity contribution >= 4 is 29.0 Å². The largest absolute Gasteiger partial charge is 0.497 e. The number of halogens is 2. The highest BCUT2D eigenvalue weighted by atomic mass is 19.1. The minimum Gasteiger partial charge on any atom is -0.497 e. The van der Waals surface area contributed by atoms with Crippen LogP contribution in [0.25, 0.3) is 17.0 Å². The van der Waals surface area contributed by atoms with Crippen molar-refractivity contribution in [3.8, 4) is 17.1 Å². The van der Waals surface area contributed by atoms with Crippen molar-refractivity contribution in [2.75, 3.05) is 19.0 Å². The molecule has 0 bridgehead atoms. The van der Waals surface area contributed by atoms with Crippen molar-refractivity contribution in [3.05, 3.63) is 148 Å². The third-order valence-electron chi connectivity index (χ3n) is 8.58. The van der Waals surface area contributed by atoms with Gasteiger partial charge in [0.05, 0.1) is 13.5 Å². The number of aliphatic carboxylic acids is 1. The Labute approximate surface area is 298 Å². The first-order valence-corrected chi connectivity index (χ1v) is 16.4. The molecule has 1 unspecified atom stereocenters. The van der Waals surface area contributed by atoms with Crippen LogP contribution in [-0.2, 0) is 22.6 Å². The topological polar surface area (TPSA) is 135 Å². The highest BCUT2D eigenvalue weighted by Crippen LogP contribution is 2.31. The molecule has 1 atom stereocenters. The maximum Gasteiger partial charge on any atom is 0.323 e. The predicted molar refractivity (Wildman–Crippen MR) is 189 cm³/mol. The number of carboxylic acid groups (broad SMARTS) is 1. The third-order valence-corrected chi connectivity index (χ3v) is 8.58. The lowest BCUT2D eigenvalue weighted by Crippen LogP contribution is -2.35. The summed E-state index contributed by atoms with van der Waals surface area (Å²) in [5.74, 6) is -3.18. The number of rotatable bonds is 12. The summed E-state index contributed by atoms with van der Waals surface area (Å²) in [5.41, 5.74) is 4.71. The average molecular weight is 705 g/mol. The van der Waals surface area contributed by atoms with E-state index in [4.69, 9.17) is 9.26 Å². The number of nitrogens with one attached hydrogen (secondary N) is 1. The van der Waals surface area contributed by atoms with Gasteiger partial charge in [0.1, 0.15) is 23.9 Å². The molecule has 1 aromatic heterocycles. The van der Waals surface area contributed by atoms with Gasteiger partial charge in [-0.05, 0) is 48.7 Å². The Balaban J connectivity index is 1.07. The zero-order chi connectivity index (χ0) is 36.8. The summed E-state index contributed by atoms with van der Waals surface area (Å²) in [6, 6.07) is 23.3. The van der Waals surface area contributed by atoms with Crippen molar-refractivity contribution in [1.82, 2.24) is 15.0 Å². The molecule has 2 amide bonds. The van der Waals surface area contributed by atoms with Crippen LogP contribution in [-0.4, -0.2) is 51.6 Å². The number of methoxy groups -OCH3 is 1. The molecule has 5 aromatic rings. The van der Waals surface area contributed by atoms with Crippen LogP contribution in [0, 0.1) is 18.6 Å². The zero-order valence-corrected chi connectivity index (χ0v) is 28.3. The summed E-state index contributed by atoms with van der Waals surface area (Å²) >= 11 is 0. The van der Waals surface area contributed by atoms with Crippen molar-refractivity contribution in [2.45, 2.75) is 32.2 Å². The predicted octanol–water partition coefficient (Wildman–Crippen LogP) is 7.37. The summed E-state index contributed by atoms with van der Waals surface area (Å²) in [7, 11) is 1.27. The van der Waals surface area contributed by atoms with Gasteiger partial charge in [-0.15, -0.1) is 0 Å². The molecule has 0 radical (unpaired) electrons. The van der Waals surface area contributed by atoms with E-state index in [2.05, 4.69) is 58.8 Å². The van der Waals surface area contributed by atoms with Gasteiger partial charge in [0.25, 0.3) is 11.8 Å². The Kier molecular flexibility index (Phi) is 10.6. The molecule has 0 saturated carbocycles. The van der Waals surface area contributed by atoms with E-state index in [1.165, 1.54) is 47.4 Å². The fourth-order valence-corrected chi connectivity index (χ4v) is 5.75. The number of hydrogen-bond donors (Lipinski definition) is 2. The van der Waals surface area contributed by atoms with Gasteiger partial charge in [-0.3, -0.25) is 14.4 Å². The van der Waals surface area contributed by atoms with Gasteiger partial charge < -0.3 is 24.6 Å². The Morgan fingerprint density at radius 2 is 1.67 bits per heavy atom. The number of ether oxygens (including phenoxy) is 1. The molecule has 2 N–H and O–H groups in total. The molecule has 1 aliphatic carbocycles. The summed E-state index contributed by atoms with van der Waals surface area (Å²) in [5, 5.41) is 16.2. The van der Waals surface area contributed by atoms with E-state index in [0.717, 1.165) is 24.1 Å². The number of carbonyl (C=O) groups is 3. The fraction of sp³-hybridized carbons (Fsp3) is 0.175. The number of anilines is 1. The SMILES string of the molecule is COc1cc(F)c(CC(=O)Nc2ccc(C(=O)N(CC(=O)O)Cc3ccc(-c4noc(C5=CCC(c6ccc(C)cc6)C=C5)n4)cc3)cc2)c(F)c1. The minimum absolute atomic E-state index is 0.000213. The van der Waals surface area contributed by atoms with E-state index in [-0.39, 0.29) is 29.5 Å². The van der Waals surface area contributed by atoms with Crippen LogP contribution >= 0.6 is 0 Å². The maximum atomic E-state index is 14.3. The Bertz CT molecular complexity index is 2140. The number of hydrogen-bond acceptors (Lipinski definition) is 7. The lowest BCUT2D eigenvalue weighted by atomic mass is 9.90. The molecule has 4 aromatic carbocycles. The Hall–Kier alpha value is -6.43. The normalized spacial score (nSPS) is 13.7. The lowest BCUT2D eigenvalue weighted by molar-refractivity contribution is -0.137. The van der Waals surface area contributed by atoms with Crippen LogP contribution in [0.1, 0.15) is 50.8 Å². The van der Waals surface area contributed by atoms with Gasteiger partial charge in [0.15, 0.2) is 0 Å². The maximum absolute atomic E-state index is 14.3. The van der Waals surface area contributed by atoms with Gasteiger partial charge in [0.2, 0.25) is 11.7 Å². The summed E-state index contributed by atoms with van der Waals surface area (Å²) in [4.78, 5) is 43.3. The van der Waals surface area contributed by atoms with E-state index in [9.17, 15) is 28.3 Å². The van der Waals surface area contributed by atoms with E-state index >= 15 is 0 Å². The van der Waals surface area contributed by atoms with Crippen LogP contribution in [0.15, 0.2) is 108 Å². The molecule has 1 heterocycles. The van der Waals surface area contributed by atoms with Crippen molar-refractivity contribution in [3.63, 3.8) is 0 Å². The Morgan fingerprint density at radius 1 is 0.981 bits per heavy atom. The van der Waals surface area contributed by atoms with E-state index in [1.807, 2.05) is 6.08 Å². The van der Waals surface area contributed by atoms with E-state index < -0.39 is 47.9 Å². The molecule has 12 heteroatoms. The fourth-order valence-electron chi connectivity index (χ4n) is 5.75. The molecule has 0 spiro atoms. The minimum atomic E-state index is -1.19. The lowest BCUT2D eigenvalue weighted by Gasteiger charge is -2.21. The second-order valence-corrected chi connectivity index (χ2v) is 12.3. The van der Waals surface area contributed by atoms with Gasteiger partial charge in [0, 0.05) is 52.5 Å². The molecule has 6 rings (SSSR count). The molecule has 0 saturated heterocycles. The molecule has 1 aliphatic rings. The van der Waals surface area contributed by atoms with E-state index in [0.29, 0.717) is 22.8 Å². The first-order chi connectivity index (χ1) is 25.1. The van der Waals surface area contributed by atoms with Crippen LogP contribution in [0.2, 0.25) is 0 Å². The smallest absolute Gasteiger partial charge is 0.323 e.